The van der Waals surface area contributed by atoms with Crippen LogP contribution in [0.3, 0.4) is 0 Å². The standard InChI is InChI=1S/C13H16O6/c1-8(14)18-7-10-5-11(16-3)13(17-4)12(6-10)19-9(2)15/h5-6H,7H2,1-4H3. The normalized spacial score (nSPS) is 9.68. The third kappa shape index (κ3) is 4.17. The van der Waals surface area contributed by atoms with Crippen molar-refractivity contribution in [3.8, 4) is 17.2 Å². The van der Waals surface area contributed by atoms with Crippen LogP contribution in [0.1, 0.15) is 19.4 Å². The van der Waals surface area contributed by atoms with Gasteiger partial charge >= 0.3 is 11.9 Å². The topological polar surface area (TPSA) is 71.1 Å². The highest BCUT2D eigenvalue weighted by Gasteiger charge is 2.15. The van der Waals surface area contributed by atoms with Crippen molar-refractivity contribution in [3.05, 3.63) is 17.7 Å². The molecule has 1 aromatic rings. The van der Waals surface area contributed by atoms with Gasteiger partial charge in [0.2, 0.25) is 5.75 Å². The van der Waals surface area contributed by atoms with E-state index in [1.54, 1.807) is 12.1 Å². The molecule has 0 aromatic heterocycles. The molecule has 0 aliphatic carbocycles. The van der Waals surface area contributed by atoms with E-state index < -0.39 is 11.9 Å². The summed E-state index contributed by atoms with van der Waals surface area (Å²) in [5, 5.41) is 0. The van der Waals surface area contributed by atoms with Crippen LogP contribution in [-0.2, 0) is 20.9 Å². The van der Waals surface area contributed by atoms with Gasteiger partial charge in [0.05, 0.1) is 14.2 Å². The molecule has 0 heterocycles. The fourth-order valence-electron chi connectivity index (χ4n) is 1.48. The summed E-state index contributed by atoms with van der Waals surface area (Å²) in [4.78, 5) is 21.8. The maximum absolute atomic E-state index is 11.1. The van der Waals surface area contributed by atoms with E-state index in [2.05, 4.69) is 0 Å². The largest absolute Gasteiger partial charge is 0.493 e. The van der Waals surface area contributed by atoms with Crippen molar-refractivity contribution in [1.82, 2.24) is 0 Å². The van der Waals surface area contributed by atoms with E-state index in [-0.39, 0.29) is 12.4 Å². The minimum Gasteiger partial charge on any atom is -0.493 e. The van der Waals surface area contributed by atoms with Gasteiger partial charge in [-0.25, -0.2) is 0 Å². The molecule has 19 heavy (non-hydrogen) atoms. The summed E-state index contributed by atoms with van der Waals surface area (Å²) in [5.41, 5.74) is 0.629. The fraction of sp³-hybridized carbons (Fsp3) is 0.385. The summed E-state index contributed by atoms with van der Waals surface area (Å²) in [5.74, 6) is 0.0398. The minimum atomic E-state index is -0.481. The Hall–Kier alpha value is -2.24. The molecule has 1 rings (SSSR count). The highest BCUT2D eigenvalue weighted by molar-refractivity contribution is 5.71. The van der Waals surface area contributed by atoms with Crippen LogP contribution in [0.2, 0.25) is 0 Å². The highest BCUT2D eigenvalue weighted by Crippen LogP contribution is 2.38. The van der Waals surface area contributed by atoms with Gasteiger partial charge in [-0.1, -0.05) is 0 Å². The van der Waals surface area contributed by atoms with Crippen LogP contribution in [0, 0.1) is 0 Å². The van der Waals surface area contributed by atoms with Gasteiger partial charge in [-0.05, 0) is 17.7 Å². The summed E-state index contributed by atoms with van der Waals surface area (Å²) in [7, 11) is 2.90. The van der Waals surface area contributed by atoms with Gasteiger partial charge in [-0.3, -0.25) is 9.59 Å². The SMILES string of the molecule is COc1cc(COC(C)=O)cc(OC(C)=O)c1OC. The summed E-state index contributed by atoms with van der Waals surface area (Å²) in [6.45, 7) is 2.66. The number of methoxy groups -OCH3 is 2. The zero-order valence-electron chi connectivity index (χ0n) is 11.3. The van der Waals surface area contributed by atoms with E-state index in [1.807, 2.05) is 0 Å². The van der Waals surface area contributed by atoms with Crippen molar-refractivity contribution in [3.63, 3.8) is 0 Å². The second-order valence-electron chi connectivity index (χ2n) is 3.70. The number of hydrogen-bond acceptors (Lipinski definition) is 6. The van der Waals surface area contributed by atoms with Gasteiger partial charge in [-0.2, -0.15) is 0 Å². The predicted molar refractivity (Wildman–Crippen MR) is 66.3 cm³/mol. The number of ether oxygens (including phenoxy) is 4. The molecule has 0 bridgehead atoms. The van der Waals surface area contributed by atoms with Crippen LogP contribution in [0.4, 0.5) is 0 Å². The number of hydrogen-bond donors (Lipinski definition) is 0. The molecule has 0 radical (unpaired) electrons. The number of rotatable bonds is 5. The van der Waals surface area contributed by atoms with Crippen LogP contribution in [0.5, 0.6) is 17.2 Å². The Labute approximate surface area is 111 Å². The maximum atomic E-state index is 11.1. The van der Waals surface area contributed by atoms with Crippen LogP contribution in [0.15, 0.2) is 12.1 Å². The lowest BCUT2D eigenvalue weighted by molar-refractivity contribution is -0.142. The Bertz CT molecular complexity index is 480. The molecule has 0 saturated heterocycles. The summed E-state index contributed by atoms with van der Waals surface area (Å²) in [6, 6.07) is 3.21. The van der Waals surface area contributed by atoms with Crippen molar-refractivity contribution < 1.29 is 28.5 Å². The van der Waals surface area contributed by atoms with Crippen LogP contribution < -0.4 is 14.2 Å². The monoisotopic (exact) mass is 268 g/mol. The van der Waals surface area contributed by atoms with Gasteiger partial charge in [0, 0.05) is 13.8 Å². The van der Waals surface area contributed by atoms with E-state index in [9.17, 15) is 9.59 Å². The molecule has 0 N–H and O–H groups in total. The highest BCUT2D eigenvalue weighted by atomic mass is 16.6. The Morgan fingerprint density at radius 3 is 2.11 bits per heavy atom. The van der Waals surface area contributed by atoms with Crippen LogP contribution in [0.25, 0.3) is 0 Å². The van der Waals surface area contributed by atoms with Crippen molar-refractivity contribution >= 4 is 11.9 Å². The zero-order valence-corrected chi connectivity index (χ0v) is 11.3. The predicted octanol–water partition coefficient (Wildman–Crippen LogP) is 1.69. The van der Waals surface area contributed by atoms with E-state index >= 15 is 0 Å². The average Bonchev–Trinajstić information content (AvgIpc) is 2.34. The molecule has 0 amide bonds. The van der Waals surface area contributed by atoms with Crippen molar-refractivity contribution in [2.24, 2.45) is 0 Å². The Balaban J connectivity index is 3.13. The zero-order chi connectivity index (χ0) is 14.4. The third-order valence-corrected chi connectivity index (χ3v) is 2.20. The molecule has 6 nitrogen and oxygen atoms in total. The number of carbonyl (C=O) groups excluding carboxylic acids is 2. The van der Waals surface area contributed by atoms with Crippen LogP contribution >= 0.6 is 0 Å². The van der Waals surface area contributed by atoms with E-state index in [0.717, 1.165) is 0 Å². The first-order chi connectivity index (χ1) is 8.97. The fourth-order valence-corrected chi connectivity index (χ4v) is 1.48. The maximum Gasteiger partial charge on any atom is 0.308 e. The van der Waals surface area contributed by atoms with Crippen molar-refractivity contribution in [1.29, 1.82) is 0 Å². The quantitative estimate of drug-likeness (QED) is 0.598. The molecule has 0 aliphatic rings. The first kappa shape index (κ1) is 14.8. The molecule has 0 saturated carbocycles. The number of carbonyl (C=O) groups is 2. The molecule has 0 unspecified atom stereocenters. The number of benzene rings is 1. The van der Waals surface area contributed by atoms with Gasteiger partial charge in [0.15, 0.2) is 11.5 Å². The van der Waals surface area contributed by atoms with E-state index in [4.69, 9.17) is 18.9 Å². The van der Waals surface area contributed by atoms with Crippen molar-refractivity contribution in [2.75, 3.05) is 14.2 Å². The molecule has 0 atom stereocenters. The molecule has 6 heteroatoms. The summed E-state index contributed by atoms with van der Waals surface area (Å²) in [6.07, 6.45) is 0. The molecule has 1 aromatic carbocycles. The van der Waals surface area contributed by atoms with Gasteiger partial charge in [-0.15, -0.1) is 0 Å². The first-order valence-corrected chi connectivity index (χ1v) is 5.54. The third-order valence-electron chi connectivity index (χ3n) is 2.20. The first-order valence-electron chi connectivity index (χ1n) is 5.54. The molecule has 104 valence electrons. The summed E-state index contributed by atoms with van der Waals surface area (Å²) < 4.78 is 20.2. The van der Waals surface area contributed by atoms with E-state index in [0.29, 0.717) is 17.1 Å². The van der Waals surface area contributed by atoms with Gasteiger partial charge in [0.25, 0.3) is 0 Å². The lowest BCUT2D eigenvalue weighted by atomic mass is 10.2. The molecular weight excluding hydrogens is 252 g/mol. The molecular formula is C13H16O6. The second kappa shape index (κ2) is 6.63. The summed E-state index contributed by atoms with van der Waals surface area (Å²) >= 11 is 0. The lowest BCUT2D eigenvalue weighted by Gasteiger charge is -2.14. The Kier molecular flexibility index (Phi) is 5.17. The molecule has 0 spiro atoms. The minimum absolute atomic E-state index is 0.0595. The molecule has 0 fully saturated rings. The van der Waals surface area contributed by atoms with Gasteiger partial charge < -0.3 is 18.9 Å². The van der Waals surface area contributed by atoms with E-state index in [1.165, 1.54) is 28.1 Å². The lowest BCUT2D eigenvalue weighted by Crippen LogP contribution is -2.06. The van der Waals surface area contributed by atoms with Crippen LogP contribution in [-0.4, -0.2) is 26.2 Å². The Morgan fingerprint density at radius 2 is 1.63 bits per heavy atom. The van der Waals surface area contributed by atoms with Crippen molar-refractivity contribution in [2.45, 2.75) is 20.5 Å². The van der Waals surface area contributed by atoms with Gasteiger partial charge in [0.1, 0.15) is 6.61 Å². The average molecular weight is 268 g/mol. The number of esters is 2. The second-order valence-corrected chi connectivity index (χ2v) is 3.70. The smallest absolute Gasteiger partial charge is 0.308 e. The molecule has 0 aliphatic heterocycles. The Morgan fingerprint density at radius 1 is 1.00 bits per heavy atom.